The van der Waals surface area contributed by atoms with Gasteiger partial charge in [-0.05, 0) is 22.3 Å². The Hall–Kier alpha value is -4.93. The van der Waals surface area contributed by atoms with E-state index in [1.165, 1.54) is 36.6 Å². The number of amides is 1. The molecule has 1 amide bonds. The normalized spacial score (nSPS) is 21.9. The smallest absolute Gasteiger partial charge is 0.303 e. The predicted molar refractivity (Wildman–Crippen MR) is 167 cm³/mol. The van der Waals surface area contributed by atoms with Gasteiger partial charge in [-0.3, -0.25) is 33.6 Å². The van der Waals surface area contributed by atoms with Crippen molar-refractivity contribution in [2.45, 2.75) is 57.7 Å². The fourth-order valence-electron chi connectivity index (χ4n) is 6.28. The number of fused-ring (bicyclic) bond motifs is 4. The number of carbonyl (C=O) groups excluding carboxylic acids is 3. The highest BCUT2D eigenvalue weighted by atomic mass is 32.2. The molecule has 5 atom stereocenters. The van der Waals surface area contributed by atoms with Gasteiger partial charge in [-0.15, -0.1) is 0 Å². The average Bonchev–Trinajstić information content (AvgIpc) is 3.60. The van der Waals surface area contributed by atoms with Gasteiger partial charge in [-0.25, -0.2) is 18.1 Å². The molecule has 246 valence electrons. The standard InChI is InChI=1S/C31H32N6O9S/c1-16(38)37(28-22-12-8-6-10-20(22)19-9-5-7-11-21(19)26(28)35-47(4,42)43)31-33-29-27(30(41)34-31)32-15-36(29)25-13-23(45-18(3)40)24(46-25)14-44-17(2)39/h5-12,15,23-26,28,35H,13-14H2,1-4H3,(H,33,34,41)/t23-,24+,25+,26-,28-/m0/s1. The first kappa shape index (κ1) is 32.0. The molecule has 1 aliphatic carbocycles. The number of sulfonamides is 1. The predicted octanol–water partition coefficient (Wildman–Crippen LogP) is 2.27. The fraction of sp³-hybridized carbons (Fsp3) is 0.355. The van der Waals surface area contributed by atoms with Gasteiger partial charge >= 0.3 is 11.9 Å². The van der Waals surface area contributed by atoms with E-state index in [-0.39, 0.29) is 30.1 Å². The molecule has 1 saturated heterocycles. The second-order valence-electron chi connectivity index (χ2n) is 11.4. The number of carbonyl (C=O) groups is 3. The Kier molecular flexibility index (Phi) is 8.42. The molecule has 0 spiro atoms. The molecule has 0 bridgehead atoms. The third-order valence-corrected chi connectivity index (χ3v) is 8.73. The lowest BCUT2D eigenvalue weighted by atomic mass is 9.79. The van der Waals surface area contributed by atoms with Crippen molar-refractivity contribution in [2.24, 2.45) is 0 Å². The summed E-state index contributed by atoms with van der Waals surface area (Å²) in [4.78, 5) is 63.1. The SMILES string of the molecule is CC(=O)OC[C@H]1O[C@@H](n2cnc3c(=O)[nH]c(N(C(C)=O)[C@H]4c5ccccc5-c5ccccc5[C@@H]4NS(C)(=O)=O)nc32)C[C@@H]1OC(C)=O. The Bertz CT molecular complexity index is 2060. The summed E-state index contributed by atoms with van der Waals surface area (Å²) in [7, 11) is -3.80. The van der Waals surface area contributed by atoms with Crippen LogP contribution in [-0.4, -0.2) is 70.9 Å². The number of nitrogens with zero attached hydrogens (tertiary/aromatic N) is 4. The first-order valence-corrected chi connectivity index (χ1v) is 16.6. The van der Waals surface area contributed by atoms with Crippen molar-refractivity contribution in [3.8, 4) is 11.1 Å². The minimum atomic E-state index is -3.80. The lowest BCUT2D eigenvalue weighted by molar-refractivity contribution is -0.155. The summed E-state index contributed by atoms with van der Waals surface area (Å²) in [5.74, 6) is -1.76. The highest BCUT2D eigenvalue weighted by Crippen LogP contribution is 2.48. The number of hydrogen-bond donors (Lipinski definition) is 2. The summed E-state index contributed by atoms with van der Waals surface area (Å²) >= 11 is 0. The molecule has 47 heavy (non-hydrogen) atoms. The molecular weight excluding hydrogens is 632 g/mol. The van der Waals surface area contributed by atoms with Crippen LogP contribution < -0.4 is 15.2 Å². The van der Waals surface area contributed by atoms with Crippen molar-refractivity contribution in [3.63, 3.8) is 0 Å². The number of imidazole rings is 1. The number of anilines is 1. The van der Waals surface area contributed by atoms with E-state index in [1.807, 2.05) is 24.3 Å². The molecule has 2 aromatic carbocycles. The number of H-pyrrole nitrogens is 1. The molecule has 3 heterocycles. The van der Waals surface area contributed by atoms with Crippen LogP contribution in [0.15, 0.2) is 59.7 Å². The van der Waals surface area contributed by atoms with Gasteiger partial charge in [0.1, 0.15) is 25.0 Å². The van der Waals surface area contributed by atoms with E-state index in [2.05, 4.69) is 19.7 Å². The Labute approximate surface area is 268 Å². The largest absolute Gasteiger partial charge is 0.463 e. The monoisotopic (exact) mass is 664 g/mol. The number of rotatable bonds is 8. The van der Waals surface area contributed by atoms with Gasteiger partial charge in [0.25, 0.3) is 5.56 Å². The van der Waals surface area contributed by atoms with Gasteiger partial charge < -0.3 is 14.2 Å². The molecule has 2 aliphatic rings. The van der Waals surface area contributed by atoms with Crippen LogP contribution in [0.2, 0.25) is 0 Å². The molecule has 4 aromatic rings. The van der Waals surface area contributed by atoms with Crippen molar-refractivity contribution in [1.82, 2.24) is 24.2 Å². The van der Waals surface area contributed by atoms with Gasteiger partial charge in [0.15, 0.2) is 11.2 Å². The van der Waals surface area contributed by atoms with Gasteiger partial charge in [0.05, 0.1) is 24.7 Å². The number of ether oxygens (including phenoxy) is 3. The first-order chi connectivity index (χ1) is 22.3. The van der Waals surface area contributed by atoms with E-state index in [0.717, 1.165) is 17.4 Å². The Balaban J connectivity index is 1.47. The maximum atomic E-state index is 13.6. The van der Waals surface area contributed by atoms with Crippen molar-refractivity contribution in [3.05, 3.63) is 76.3 Å². The molecule has 2 aromatic heterocycles. The number of benzene rings is 2. The van der Waals surface area contributed by atoms with Gasteiger partial charge in [-0.2, -0.15) is 4.98 Å². The summed E-state index contributed by atoms with van der Waals surface area (Å²) in [6.45, 7) is 3.62. The van der Waals surface area contributed by atoms with Crippen LogP contribution in [0.3, 0.4) is 0 Å². The van der Waals surface area contributed by atoms with E-state index in [4.69, 9.17) is 14.2 Å². The minimum Gasteiger partial charge on any atom is -0.463 e. The fourth-order valence-corrected chi connectivity index (χ4v) is 7.00. The summed E-state index contributed by atoms with van der Waals surface area (Å²) in [6.07, 6.45) is 0.103. The van der Waals surface area contributed by atoms with Crippen molar-refractivity contribution < 1.29 is 37.0 Å². The van der Waals surface area contributed by atoms with Gasteiger partial charge in [-0.1, -0.05) is 48.5 Å². The second-order valence-corrected chi connectivity index (χ2v) is 13.2. The Morgan fingerprint density at radius 1 is 1.04 bits per heavy atom. The van der Waals surface area contributed by atoms with Crippen LogP contribution in [0, 0.1) is 0 Å². The molecule has 1 fully saturated rings. The van der Waals surface area contributed by atoms with Crippen LogP contribution in [0.1, 0.15) is 56.6 Å². The van der Waals surface area contributed by atoms with Crippen molar-refractivity contribution >= 4 is 45.0 Å². The molecule has 0 saturated carbocycles. The van der Waals surface area contributed by atoms with Gasteiger partial charge in [0, 0.05) is 27.2 Å². The average molecular weight is 665 g/mol. The van der Waals surface area contributed by atoms with Crippen LogP contribution in [0.5, 0.6) is 0 Å². The summed E-state index contributed by atoms with van der Waals surface area (Å²) < 4.78 is 46.2. The molecule has 15 nitrogen and oxygen atoms in total. The molecule has 16 heteroatoms. The van der Waals surface area contributed by atoms with Crippen molar-refractivity contribution in [1.29, 1.82) is 0 Å². The number of aromatic nitrogens is 4. The van der Waals surface area contributed by atoms with Crippen molar-refractivity contribution in [2.75, 3.05) is 17.8 Å². The number of aromatic amines is 1. The van der Waals surface area contributed by atoms with Gasteiger partial charge in [0.2, 0.25) is 21.9 Å². The highest BCUT2D eigenvalue weighted by molar-refractivity contribution is 7.88. The zero-order valence-corrected chi connectivity index (χ0v) is 26.7. The zero-order valence-electron chi connectivity index (χ0n) is 25.9. The van der Waals surface area contributed by atoms with E-state index in [0.29, 0.717) is 11.1 Å². The van der Waals surface area contributed by atoms with Crippen LogP contribution >= 0.6 is 0 Å². The maximum Gasteiger partial charge on any atom is 0.303 e. The molecule has 6 rings (SSSR count). The zero-order chi connectivity index (χ0) is 33.6. The minimum absolute atomic E-state index is 0.0477. The second kappa shape index (κ2) is 12.4. The molecule has 2 N–H and O–H groups in total. The highest BCUT2D eigenvalue weighted by Gasteiger charge is 2.43. The summed E-state index contributed by atoms with van der Waals surface area (Å²) in [5.41, 5.74) is 2.21. The van der Waals surface area contributed by atoms with E-state index >= 15 is 0 Å². The number of esters is 2. The first-order valence-electron chi connectivity index (χ1n) is 14.7. The third-order valence-electron chi connectivity index (χ3n) is 8.05. The molecule has 1 aliphatic heterocycles. The molecular formula is C31H32N6O9S. The summed E-state index contributed by atoms with van der Waals surface area (Å²) in [6, 6.07) is 12.7. The van der Waals surface area contributed by atoms with Crippen LogP contribution in [-0.2, 0) is 38.6 Å². The van der Waals surface area contributed by atoms with E-state index in [1.54, 1.807) is 24.3 Å². The number of nitrogens with one attached hydrogen (secondary N) is 2. The quantitative estimate of drug-likeness (QED) is 0.263. The number of hydrogen-bond acceptors (Lipinski definition) is 11. The lowest BCUT2D eigenvalue weighted by Gasteiger charge is -2.40. The topological polar surface area (TPSA) is 192 Å². The van der Waals surface area contributed by atoms with Crippen LogP contribution in [0.25, 0.3) is 22.3 Å². The summed E-state index contributed by atoms with van der Waals surface area (Å²) in [5, 5.41) is 0. The molecule has 0 unspecified atom stereocenters. The molecule has 0 radical (unpaired) electrons. The lowest BCUT2D eigenvalue weighted by Crippen LogP contribution is -2.45. The van der Waals surface area contributed by atoms with E-state index < -0.39 is 63.9 Å². The Morgan fingerprint density at radius 2 is 1.70 bits per heavy atom. The maximum absolute atomic E-state index is 13.6. The van der Waals surface area contributed by atoms with Crippen LogP contribution in [0.4, 0.5) is 5.95 Å². The third kappa shape index (κ3) is 6.26. The Morgan fingerprint density at radius 3 is 2.34 bits per heavy atom. The van der Waals surface area contributed by atoms with E-state index in [9.17, 15) is 27.6 Å².